The molecule has 0 saturated heterocycles. The largest absolute Gasteiger partial charge is 0.388 e. The van der Waals surface area contributed by atoms with Crippen LogP contribution in [0.2, 0.25) is 10.0 Å². The van der Waals surface area contributed by atoms with E-state index < -0.39 is 17.7 Å². The van der Waals surface area contributed by atoms with Crippen LogP contribution in [0.1, 0.15) is 17.2 Å². The summed E-state index contributed by atoms with van der Waals surface area (Å²) in [6, 6.07) is 8.11. The Balaban J connectivity index is 2.23. The Morgan fingerprint density at radius 3 is 2.11 bits per heavy atom. The van der Waals surface area contributed by atoms with Crippen molar-refractivity contribution in [3.63, 3.8) is 0 Å². The molecule has 5 heteroatoms. The summed E-state index contributed by atoms with van der Waals surface area (Å²) in [5.41, 5.74) is 0.352. The van der Waals surface area contributed by atoms with Gasteiger partial charge < -0.3 is 5.11 Å². The van der Waals surface area contributed by atoms with Crippen LogP contribution in [-0.2, 0) is 6.42 Å². The van der Waals surface area contributed by atoms with Crippen molar-refractivity contribution in [2.75, 3.05) is 0 Å². The molecule has 1 atom stereocenters. The van der Waals surface area contributed by atoms with E-state index in [4.69, 9.17) is 23.2 Å². The second kappa shape index (κ2) is 5.87. The van der Waals surface area contributed by atoms with Crippen LogP contribution in [0, 0.1) is 11.6 Å². The lowest BCUT2D eigenvalue weighted by molar-refractivity contribution is 0.172. The Hall–Kier alpha value is -1.16. The molecule has 1 unspecified atom stereocenters. The number of aliphatic hydroxyl groups is 1. The van der Waals surface area contributed by atoms with Crippen molar-refractivity contribution in [1.82, 2.24) is 0 Å². The van der Waals surface area contributed by atoms with Crippen molar-refractivity contribution < 1.29 is 13.9 Å². The van der Waals surface area contributed by atoms with E-state index in [1.54, 1.807) is 0 Å². The third kappa shape index (κ3) is 3.44. The molecule has 100 valence electrons. The Kier molecular flexibility index (Phi) is 4.40. The molecule has 2 rings (SSSR count). The summed E-state index contributed by atoms with van der Waals surface area (Å²) < 4.78 is 27.2. The predicted octanol–water partition coefficient (Wildman–Crippen LogP) is 4.55. The minimum absolute atomic E-state index is 0.0401. The first-order valence-corrected chi connectivity index (χ1v) is 6.30. The van der Waals surface area contributed by atoms with Crippen molar-refractivity contribution >= 4 is 23.2 Å². The molecular weight excluding hydrogens is 293 g/mol. The minimum atomic E-state index is -1.15. The molecule has 2 aromatic rings. The molecule has 0 amide bonds. The molecule has 0 aliphatic carbocycles. The van der Waals surface area contributed by atoms with Gasteiger partial charge in [0.25, 0.3) is 0 Å². The minimum Gasteiger partial charge on any atom is -0.388 e. The third-order valence-corrected chi connectivity index (χ3v) is 3.22. The molecule has 0 saturated carbocycles. The van der Waals surface area contributed by atoms with Gasteiger partial charge in [0.1, 0.15) is 11.6 Å². The van der Waals surface area contributed by atoms with Gasteiger partial charge in [0, 0.05) is 22.0 Å². The zero-order chi connectivity index (χ0) is 14.0. The normalized spacial score (nSPS) is 12.5. The van der Waals surface area contributed by atoms with Gasteiger partial charge in [-0.15, -0.1) is 0 Å². The molecule has 0 radical (unpaired) electrons. The molecule has 0 bridgehead atoms. The van der Waals surface area contributed by atoms with E-state index in [0.717, 1.165) is 12.1 Å². The summed E-state index contributed by atoms with van der Waals surface area (Å²) in [5.74, 6) is -1.14. The Bertz CT molecular complexity index is 602. The summed E-state index contributed by atoms with van der Waals surface area (Å²) in [7, 11) is 0. The highest BCUT2D eigenvalue weighted by Gasteiger charge is 2.16. The summed E-state index contributed by atoms with van der Waals surface area (Å²) in [4.78, 5) is 0. The van der Waals surface area contributed by atoms with E-state index in [1.165, 1.54) is 24.3 Å². The zero-order valence-corrected chi connectivity index (χ0v) is 11.2. The fourth-order valence-electron chi connectivity index (χ4n) is 1.78. The van der Waals surface area contributed by atoms with Gasteiger partial charge in [-0.2, -0.15) is 0 Å². The van der Waals surface area contributed by atoms with Crippen molar-refractivity contribution in [2.24, 2.45) is 0 Å². The molecule has 0 heterocycles. The Labute approximate surface area is 119 Å². The highest BCUT2D eigenvalue weighted by Crippen LogP contribution is 2.25. The quantitative estimate of drug-likeness (QED) is 0.882. The van der Waals surface area contributed by atoms with Gasteiger partial charge in [-0.3, -0.25) is 0 Å². The van der Waals surface area contributed by atoms with Gasteiger partial charge in [-0.1, -0.05) is 35.3 Å². The number of hydrogen-bond acceptors (Lipinski definition) is 1. The summed E-state index contributed by atoms with van der Waals surface area (Å²) in [6.45, 7) is 0. The average Bonchev–Trinajstić information content (AvgIpc) is 2.32. The lowest BCUT2D eigenvalue weighted by atomic mass is 10.0. The lowest BCUT2D eigenvalue weighted by Crippen LogP contribution is -2.05. The van der Waals surface area contributed by atoms with Crippen LogP contribution >= 0.6 is 23.2 Å². The Morgan fingerprint density at radius 1 is 0.947 bits per heavy atom. The van der Waals surface area contributed by atoms with Crippen LogP contribution < -0.4 is 0 Å². The molecule has 0 aliphatic rings. The molecule has 19 heavy (non-hydrogen) atoms. The van der Waals surface area contributed by atoms with E-state index in [2.05, 4.69) is 0 Å². The third-order valence-electron chi connectivity index (χ3n) is 2.75. The molecule has 0 spiro atoms. The highest BCUT2D eigenvalue weighted by molar-refractivity contribution is 6.30. The fourth-order valence-corrected chi connectivity index (χ4v) is 2.09. The number of benzene rings is 2. The fraction of sp³-hybridized carbons (Fsp3) is 0.143. The maximum Gasteiger partial charge on any atom is 0.130 e. The second-order valence-corrected chi connectivity index (χ2v) is 4.99. The second-order valence-electron chi connectivity index (χ2n) is 4.12. The van der Waals surface area contributed by atoms with E-state index in [-0.39, 0.29) is 27.6 Å². The summed E-state index contributed by atoms with van der Waals surface area (Å²) in [5, 5.41) is 10.5. The first-order valence-electron chi connectivity index (χ1n) is 5.54. The summed E-state index contributed by atoms with van der Waals surface area (Å²) in [6.07, 6.45) is -1.19. The standard InChI is InChI=1S/C14H10Cl2F2O/c15-9-2-1-8(12(17)6-9)5-14(19)11-4-3-10(16)7-13(11)18/h1-4,6-7,14,19H,5H2. The smallest absolute Gasteiger partial charge is 0.130 e. The number of hydrogen-bond donors (Lipinski definition) is 1. The van der Waals surface area contributed by atoms with Gasteiger partial charge in [0.15, 0.2) is 0 Å². The first-order chi connectivity index (χ1) is 8.97. The monoisotopic (exact) mass is 302 g/mol. The maximum atomic E-state index is 13.6. The predicted molar refractivity (Wildman–Crippen MR) is 71.5 cm³/mol. The molecule has 0 aromatic heterocycles. The number of rotatable bonds is 3. The van der Waals surface area contributed by atoms with E-state index in [9.17, 15) is 13.9 Å². The molecule has 0 aliphatic heterocycles. The highest BCUT2D eigenvalue weighted by atomic mass is 35.5. The molecule has 1 N–H and O–H groups in total. The zero-order valence-electron chi connectivity index (χ0n) is 9.71. The first kappa shape index (κ1) is 14.3. The Morgan fingerprint density at radius 2 is 1.53 bits per heavy atom. The van der Waals surface area contributed by atoms with E-state index >= 15 is 0 Å². The van der Waals surface area contributed by atoms with Gasteiger partial charge in [-0.25, -0.2) is 8.78 Å². The molecule has 2 aromatic carbocycles. The van der Waals surface area contributed by atoms with Gasteiger partial charge in [-0.05, 0) is 29.8 Å². The van der Waals surface area contributed by atoms with Crippen LogP contribution in [0.15, 0.2) is 36.4 Å². The van der Waals surface area contributed by atoms with Gasteiger partial charge >= 0.3 is 0 Å². The lowest BCUT2D eigenvalue weighted by Gasteiger charge is -2.13. The van der Waals surface area contributed by atoms with E-state index in [1.807, 2.05) is 0 Å². The topological polar surface area (TPSA) is 20.2 Å². The van der Waals surface area contributed by atoms with Crippen LogP contribution in [-0.4, -0.2) is 5.11 Å². The van der Waals surface area contributed by atoms with Crippen molar-refractivity contribution in [2.45, 2.75) is 12.5 Å². The van der Waals surface area contributed by atoms with Crippen molar-refractivity contribution in [1.29, 1.82) is 0 Å². The van der Waals surface area contributed by atoms with Crippen LogP contribution in [0.3, 0.4) is 0 Å². The van der Waals surface area contributed by atoms with Gasteiger partial charge in [0.2, 0.25) is 0 Å². The number of aliphatic hydroxyl groups excluding tert-OH is 1. The SMILES string of the molecule is OC(Cc1ccc(Cl)cc1F)c1ccc(Cl)cc1F. The van der Waals surface area contributed by atoms with Crippen LogP contribution in [0.25, 0.3) is 0 Å². The average molecular weight is 303 g/mol. The van der Waals surface area contributed by atoms with Gasteiger partial charge in [0.05, 0.1) is 6.10 Å². The molecule has 0 fully saturated rings. The van der Waals surface area contributed by atoms with Crippen LogP contribution in [0.5, 0.6) is 0 Å². The summed E-state index contributed by atoms with van der Waals surface area (Å²) >= 11 is 11.3. The van der Waals surface area contributed by atoms with Crippen molar-refractivity contribution in [3.8, 4) is 0 Å². The van der Waals surface area contributed by atoms with E-state index in [0.29, 0.717) is 0 Å². The molecule has 1 nitrogen and oxygen atoms in total. The maximum absolute atomic E-state index is 13.6. The van der Waals surface area contributed by atoms with Crippen molar-refractivity contribution in [3.05, 3.63) is 69.2 Å². The number of halogens is 4. The molecular formula is C14H10Cl2F2O. The van der Waals surface area contributed by atoms with Crippen LogP contribution in [0.4, 0.5) is 8.78 Å².